The molecule has 1 aliphatic rings. The average molecular weight is 418 g/mol. The van der Waals surface area contributed by atoms with Crippen LogP contribution in [0.5, 0.6) is 11.5 Å². The number of benzene rings is 2. The van der Waals surface area contributed by atoms with E-state index in [-0.39, 0.29) is 24.0 Å². The van der Waals surface area contributed by atoms with Crippen LogP contribution < -0.4 is 14.8 Å². The van der Waals surface area contributed by atoms with Gasteiger partial charge in [0.1, 0.15) is 17.5 Å². The smallest absolute Gasteiger partial charge is 0.387 e. The number of carbonyl (C=O) groups is 2. The molecule has 1 fully saturated rings. The Kier molecular flexibility index (Phi) is 7.21. The quantitative estimate of drug-likeness (QED) is 0.707. The molecule has 0 aromatic heterocycles. The zero-order valence-corrected chi connectivity index (χ0v) is 16.6. The number of aryl methyl sites for hydroxylation is 1. The SMILES string of the molecule is COc1ccc(NC(=O)C2CCCN2C(=O)CCc2ccc(OC(F)F)cc2)cc1. The third-order valence-corrected chi connectivity index (χ3v) is 5.01. The Labute approximate surface area is 173 Å². The maximum Gasteiger partial charge on any atom is 0.387 e. The van der Waals surface area contributed by atoms with E-state index in [0.29, 0.717) is 30.8 Å². The molecule has 1 saturated heterocycles. The summed E-state index contributed by atoms with van der Waals surface area (Å²) in [5, 5.41) is 2.85. The van der Waals surface area contributed by atoms with E-state index >= 15 is 0 Å². The van der Waals surface area contributed by atoms with Gasteiger partial charge >= 0.3 is 6.61 Å². The summed E-state index contributed by atoms with van der Waals surface area (Å²) in [6.45, 7) is -2.32. The monoisotopic (exact) mass is 418 g/mol. The first kappa shape index (κ1) is 21.5. The number of nitrogens with zero attached hydrogens (tertiary/aromatic N) is 1. The number of carbonyl (C=O) groups excluding carboxylic acids is 2. The Morgan fingerprint density at radius 3 is 2.40 bits per heavy atom. The van der Waals surface area contributed by atoms with Crippen molar-refractivity contribution in [2.24, 2.45) is 0 Å². The van der Waals surface area contributed by atoms with Crippen LogP contribution in [0.1, 0.15) is 24.8 Å². The number of likely N-dealkylation sites (tertiary alicyclic amines) is 1. The second-order valence-electron chi connectivity index (χ2n) is 6.99. The van der Waals surface area contributed by atoms with Crippen LogP contribution >= 0.6 is 0 Å². The van der Waals surface area contributed by atoms with Gasteiger partial charge in [0.05, 0.1) is 7.11 Å². The standard InChI is InChI=1S/C22H24F2N2O4/c1-29-17-11-7-16(8-12-17)25-21(28)19-3-2-14-26(19)20(27)13-6-15-4-9-18(10-5-15)30-22(23)24/h4-5,7-12,19,22H,2-3,6,13-14H2,1H3,(H,25,28). The van der Waals surface area contributed by atoms with Gasteiger partial charge in [-0.25, -0.2) is 0 Å². The molecule has 0 aliphatic carbocycles. The van der Waals surface area contributed by atoms with Crippen molar-refractivity contribution in [2.75, 3.05) is 19.0 Å². The molecule has 6 nitrogen and oxygen atoms in total. The van der Waals surface area contributed by atoms with Crippen molar-refractivity contribution in [3.8, 4) is 11.5 Å². The molecule has 2 aromatic rings. The normalized spacial score (nSPS) is 15.9. The van der Waals surface area contributed by atoms with E-state index in [4.69, 9.17) is 4.74 Å². The molecule has 8 heteroatoms. The van der Waals surface area contributed by atoms with Crippen molar-refractivity contribution in [3.63, 3.8) is 0 Å². The lowest BCUT2D eigenvalue weighted by Crippen LogP contribution is -2.43. The number of hydrogen-bond donors (Lipinski definition) is 1. The van der Waals surface area contributed by atoms with E-state index < -0.39 is 12.7 Å². The largest absolute Gasteiger partial charge is 0.497 e. The highest BCUT2D eigenvalue weighted by Gasteiger charge is 2.33. The van der Waals surface area contributed by atoms with Gasteiger partial charge in [-0.3, -0.25) is 9.59 Å². The number of methoxy groups -OCH3 is 1. The Morgan fingerprint density at radius 1 is 1.10 bits per heavy atom. The number of rotatable bonds is 8. The molecule has 30 heavy (non-hydrogen) atoms. The number of ether oxygens (including phenoxy) is 2. The first-order valence-corrected chi connectivity index (χ1v) is 9.74. The molecule has 1 N–H and O–H groups in total. The predicted molar refractivity (Wildman–Crippen MR) is 108 cm³/mol. The molecular formula is C22H24F2N2O4. The van der Waals surface area contributed by atoms with Crippen LogP contribution in [0.25, 0.3) is 0 Å². The lowest BCUT2D eigenvalue weighted by Gasteiger charge is -2.24. The fraction of sp³-hybridized carbons (Fsp3) is 0.364. The molecule has 2 aromatic carbocycles. The van der Waals surface area contributed by atoms with Gasteiger partial charge in [-0.1, -0.05) is 12.1 Å². The molecule has 1 aliphatic heterocycles. The van der Waals surface area contributed by atoms with Gasteiger partial charge in [0.15, 0.2) is 0 Å². The van der Waals surface area contributed by atoms with E-state index in [1.54, 1.807) is 48.4 Å². The van der Waals surface area contributed by atoms with Crippen molar-refractivity contribution in [1.82, 2.24) is 4.90 Å². The van der Waals surface area contributed by atoms with Crippen molar-refractivity contribution >= 4 is 17.5 Å². The summed E-state index contributed by atoms with van der Waals surface area (Å²) >= 11 is 0. The van der Waals surface area contributed by atoms with Crippen LogP contribution in [0, 0.1) is 0 Å². The van der Waals surface area contributed by atoms with Gasteiger partial charge < -0.3 is 19.7 Å². The number of anilines is 1. The Bertz CT molecular complexity index is 856. The molecule has 2 amide bonds. The van der Waals surface area contributed by atoms with E-state index in [2.05, 4.69) is 10.1 Å². The van der Waals surface area contributed by atoms with Crippen LogP contribution in [0.4, 0.5) is 14.5 Å². The van der Waals surface area contributed by atoms with Gasteiger partial charge in [-0.2, -0.15) is 8.78 Å². The van der Waals surface area contributed by atoms with Crippen molar-refractivity contribution < 1.29 is 27.8 Å². The first-order valence-electron chi connectivity index (χ1n) is 9.74. The molecule has 1 heterocycles. The van der Waals surface area contributed by atoms with E-state index in [1.807, 2.05) is 0 Å². The Morgan fingerprint density at radius 2 is 1.77 bits per heavy atom. The summed E-state index contributed by atoms with van der Waals surface area (Å²) in [6, 6.07) is 12.7. The summed E-state index contributed by atoms with van der Waals surface area (Å²) in [4.78, 5) is 27.0. The molecule has 0 spiro atoms. The topological polar surface area (TPSA) is 67.9 Å². The van der Waals surface area contributed by atoms with E-state index in [9.17, 15) is 18.4 Å². The molecule has 0 saturated carbocycles. The van der Waals surface area contributed by atoms with Crippen LogP contribution in [0.3, 0.4) is 0 Å². The van der Waals surface area contributed by atoms with Crippen LogP contribution in [-0.4, -0.2) is 43.0 Å². The minimum Gasteiger partial charge on any atom is -0.497 e. The van der Waals surface area contributed by atoms with Gasteiger partial charge in [0.2, 0.25) is 11.8 Å². The van der Waals surface area contributed by atoms with Crippen LogP contribution in [0.2, 0.25) is 0 Å². The highest BCUT2D eigenvalue weighted by atomic mass is 19.3. The van der Waals surface area contributed by atoms with E-state index in [0.717, 1.165) is 12.0 Å². The maximum atomic E-state index is 12.7. The van der Waals surface area contributed by atoms with Crippen LogP contribution in [-0.2, 0) is 16.0 Å². The van der Waals surface area contributed by atoms with Gasteiger partial charge in [0, 0.05) is 18.7 Å². The summed E-state index contributed by atoms with van der Waals surface area (Å²) in [6.07, 6.45) is 2.08. The second kappa shape index (κ2) is 10.0. The van der Waals surface area contributed by atoms with Crippen LogP contribution in [0.15, 0.2) is 48.5 Å². The first-order chi connectivity index (χ1) is 14.5. The number of alkyl halides is 2. The Hall–Kier alpha value is -3.16. The summed E-state index contributed by atoms with van der Waals surface area (Å²) < 4.78 is 33.8. The van der Waals surface area contributed by atoms with Gasteiger partial charge in [-0.05, 0) is 61.2 Å². The van der Waals surface area contributed by atoms with Gasteiger partial charge in [-0.15, -0.1) is 0 Å². The summed E-state index contributed by atoms with van der Waals surface area (Å²) in [5.41, 5.74) is 1.48. The molecule has 1 unspecified atom stereocenters. The fourth-order valence-corrected chi connectivity index (χ4v) is 3.47. The number of hydrogen-bond acceptors (Lipinski definition) is 4. The lowest BCUT2D eigenvalue weighted by atomic mass is 10.1. The van der Waals surface area contributed by atoms with Crippen molar-refractivity contribution in [3.05, 3.63) is 54.1 Å². The Balaban J connectivity index is 1.53. The van der Waals surface area contributed by atoms with E-state index in [1.165, 1.54) is 12.1 Å². The highest BCUT2D eigenvalue weighted by molar-refractivity contribution is 5.97. The molecule has 0 radical (unpaired) electrons. The maximum absolute atomic E-state index is 12.7. The summed E-state index contributed by atoms with van der Waals surface area (Å²) in [7, 11) is 1.57. The lowest BCUT2D eigenvalue weighted by molar-refractivity contribution is -0.136. The molecule has 160 valence electrons. The zero-order valence-electron chi connectivity index (χ0n) is 16.6. The minimum atomic E-state index is -2.87. The zero-order chi connectivity index (χ0) is 21.5. The minimum absolute atomic E-state index is 0.0786. The summed E-state index contributed by atoms with van der Waals surface area (Å²) in [5.74, 6) is 0.462. The molecule has 3 rings (SSSR count). The highest BCUT2D eigenvalue weighted by Crippen LogP contribution is 2.22. The average Bonchev–Trinajstić information content (AvgIpc) is 3.23. The molecule has 1 atom stereocenters. The van der Waals surface area contributed by atoms with Gasteiger partial charge in [0.25, 0.3) is 0 Å². The number of halogens is 2. The van der Waals surface area contributed by atoms with Crippen molar-refractivity contribution in [1.29, 1.82) is 0 Å². The third kappa shape index (κ3) is 5.68. The van der Waals surface area contributed by atoms with Crippen molar-refractivity contribution in [2.45, 2.75) is 38.3 Å². The molecular weight excluding hydrogens is 394 g/mol. The predicted octanol–water partition coefficient (Wildman–Crippen LogP) is 3.86. The number of nitrogens with one attached hydrogen (secondary N) is 1. The fourth-order valence-electron chi connectivity index (χ4n) is 3.47. The second-order valence-corrected chi connectivity index (χ2v) is 6.99. The number of amides is 2. The molecule has 0 bridgehead atoms. The third-order valence-electron chi connectivity index (χ3n) is 5.01.